The van der Waals surface area contributed by atoms with Crippen LogP contribution >= 0.6 is 0 Å². The number of aromatic nitrogens is 5. The summed E-state index contributed by atoms with van der Waals surface area (Å²) in [5, 5.41) is 13.4. The highest BCUT2D eigenvalue weighted by molar-refractivity contribution is 6.04. The molecule has 4 rings (SSSR count). The van der Waals surface area contributed by atoms with E-state index in [0.717, 1.165) is 62.4 Å². The lowest BCUT2D eigenvalue weighted by molar-refractivity contribution is 0.0756. The molecular formula is C19H25N7O. The summed E-state index contributed by atoms with van der Waals surface area (Å²) in [5.74, 6) is 0.965. The van der Waals surface area contributed by atoms with E-state index in [2.05, 4.69) is 24.8 Å². The maximum absolute atomic E-state index is 13.1. The molecule has 1 amide bonds. The largest absolute Gasteiger partial charge is 0.336 e. The van der Waals surface area contributed by atoms with Crippen LogP contribution in [0.3, 0.4) is 0 Å². The van der Waals surface area contributed by atoms with E-state index in [9.17, 15) is 4.79 Å². The molecule has 27 heavy (non-hydrogen) atoms. The third-order valence-electron chi connectivity index (χ3n) is 5.30. The van der Waals surface area contributed by atoms with Gasteiger partial charge in [0.25, 0.3) is 5.91 Å². The predicted molar refractivity (Wildman–Crippen MR) is 102 cm³/mol. The van der Waals surface area contributed by atoms with Gasteiger partial charge < -0.3 is 9.47 Å². The lowest BCUT2D eigenvalue weighted by atomic mass is 10.2. The van der Waals surface area contributed by atoms with Gasteiger partial charge in [0.05, 0.1) is 5.52 Å². The first-order valence-corrected chi connectivity index (χ1v) is 9.41. The third-order valence-corrected chi connectivity index (χ3v) is 5.30. The molecule has 1 aliphatic rings. The van der Waals surface area contributed by atoms with Crippen molar-refractivity contribution in [1.29, 1.82) is 0 Å². The van der Waals surface area contributed by atoms with E-state index in [1.807, 2.05) is 43.1 Å². The smallest absolute Gasteiger partial charge is 0.275 e. The summed E-state index contributed by atoms with van der Waals surface area (Å²) in [4.78, 5) is 17.4. The van der Waals surface area contributed by atoms with E-state index in [1.165, 1.54) is 0 Å². The zero-order chi connectivity index (χ0) is 18.8. The second kappa shape index (κ2) is 7.48. The van der Waals surface area contributed by atoms with Crippen molar-refractivity contribution in [2.24, 2.45) is 7.05 Å². The van der Waals surface area contributed by atoms with Crippen molar-refractivity contribution >= 4 is 16.8 Å². The normalized spacial score (nSPS) is 16.0. The van der Waals surface area contributed by atoms with E-state index in [-0.39, 0.29) is 5.91 Å². The standard InChI is InChI=1S/C19H25N7O/c1-15-21-20-14-26(15)13-11-24-8-5-9-25(12-10-24)19(27)18-16-6-3-4-7-17(16)23(2)22-18/h3-4,6-7,14H,5,8-13H2,1-2H3. The summed E-state index contributed by atoms with van der Waals surface area (Å²) in [6.07, 6.45) is 2.74. The summed E-state index contributed by atoms with van der Waals surface area (Å²) in [7, 11) is 1.89. The quantitative estimate of drug-likeness (QED) is 0.695. The molecule has 8 nitrogen and oxygen atoms in total. The average molecular weight is 367 g/mol. The number of nitrogens with zero attached hydrogens (tertiary/aromatic N) is 7. The molecule has 1 fully saturated rings. The van der Waals surface area contributed by atoms with Gasteiger partial charge in [-0.25, -0.2) is 0 Å². The monoisotopic (exact) mass is 367 g/mol. The van der Waals surface area contributed by atoms with E-state index >= 15 is 0 Å². The molecule has 0 aliphatic carbocycles. The number of benzene rings is 1. The molecule has 1 aromatic carbocycles. The summed E-state index contributed by atoms with van der Waals surface area (Å²) in [5.41, 5.74) is 1.54. The number of hydrogen-bond donors (Lipinski definition) is 0. The second-order valence-electron chi connectivity index (χ2n) is 7.05. The molecule has 1 aliphatic heterocycles. The van der Waals surface area contributed by atoms with Crippen molar-refractivity contribution in [3.63, 3.8) is 0 Å². The Hall–Kier alpha value is -2.74. The fraction of sp³-hybridized carbons (Fsp3) is 0.474. The van der Waals surface area contributed by atoms with E-state index in [1.54, 1.807) is 11.0 Å². The third kappa shape index (κ3) is 3.57. The van der Waals surface area contributed by atoms with Gasteiger partial charge in [-0.2, -0.15) is 5.10 Å². The van der Waals surface area contributed by atoms with Crippen molar-refractivity contribution in [2.75, 3.05) is 32.7 Å². The topological polar surface area (TPSA) is 72.1 Å². The van der Waals surface area contributed by atoms with Gasteiger partial charge in [-0.3, -0.25) is 14.4 Å². The van der Waals surface area contributed by atoms with Crippen LogP contribution in [0.5, 0.6) is 0 Å². The molecule has 8 heteroatoms. The summed E-state index contributed by atoms with van der Waals surface area (Å²) in [6, 6.07) is 7.90. The van der Waals surface area contributed by atoms with Gasteiger partial charge in [-0.05, 0) is 26.0 Å². The van der Waals surface area contributed by atoms with Crippen LogP contribution in [0.2, 0.25) is 0 Å². The Balaban J connectivity index is 1.41. The summed E-state index contributed by atoms with van der Waals surface area (Å²) >= 11 is 0. The molecule has 0 saturated carbocycles. The second-order valence-corrected chi connectivity index (χ2v) is 7.05. The van der Waals surface area contributed by atoms with Crippen molar-refractivity contribution in [3.8, 4) is 0 Å². The van der Waals surface area contributed by atoms with Crippen molar-refractivity contribution in [1.82, 2.24) is 34.3 Å². The predicted octanol–water partition coefficient (Wildman–Crippen LogP) is 1.32. The molecule has 1 saturated heterocycles. The molecule has 3 heterocycles. The van der Waals surface area contributed by atoms with Crippen molar-refractivity contribution < 1.29 is 4.79 Å². The Bertz CT molecular complexity index is 945. The molecule has 0 unspecified atom stereocenters. The number of amides is 1. The number of fused-ring (bicyclic) bond motifs is 1. The molecule has 0 N–H and O–H groups in total. The minimum Gasteiger partial charge on any atom is -0.336 e. The van der Waals surface area contributed by atoms with Crippen LogP contribution in [0, 0.1) is 6.92 Å². The molecule has 142 valence electrons. The highest BCUT2D eigenvalue weighted by Gasteiger charge is 2.24. The summed E-state index contributed by atoms with van der Waals surface area (Å²) < 4.78 is 3.85. The SMILES string of the molecule is Cc1nncn1CCN1CCCN(C(=O)c2nn(C)c3ccccc23)CC1. The average Bonchev–Trinajstić information content (AvgIpc) is 3.14. The van der Waals surface area contributed by atoms with Gasteiger partial charge >= 0.3 is 0 Å². The van der Waals surface area contributed by atoms with Crippen LogP contribution in [0.15, 0.2) is 30.6 Å². The molecule has 3 aromatic rings. The Kier molecular flexibility index (Phi) is 4.89. The maximum atomic E-state index is 13.1. The highest BCUT2D eigenvalue weighted by atomic mass is 16.2. The van der Waals surface area contributed by atoms with Crippen LogP contribution < -0.4 is 0 Å². The van der Waals surface area contributed by atoms with Crippen molar-refractivity contribution in [2.45, 2.75) is 19.9 Å². The van der Waals surface area contributed by atoms with Crippen molar-refractivity contribution in [3.05, 3.63) is 42.1 Å². The van der Waals surface area contributed by atoms with Gasteiger partial charge in [0, 0.05) is 45.2 Å². The zero-order valence-electron chi connectivity index (χ0n) is 15.9. The Morgan fingerprint density at radius 1 is 1.11 bits per heavy atom. The first-order valence-electron chi connectivity index (χ1n) is 9.41. The lowest BCUT2D eigenvalue weighted by Gasteiger charge is -2.21. The minimum absolute atomic E-state index is 0.0308. The maximum Gasteiger partial charge on any atom is 0.275 e. The highest BCUT2D eigenvalue weighted by Crippen LogP contribution is 2.19. The lowest BCUT2D eigenvalue weighted by Crippen LogP contribution is -2.36. The fourth-order valence-corrected chi connectivity index (χ4v) is 3.70. The van der Waals surface area contributed by atoms with Crippen LogP contribution in [0.25, 0.3) is 10.9 Å². The molecule has 0 atom stereocenters. The van der Waals surface area contributed by atoms with E-state index < -0.39 is 0 Å². The molecule has 0 spiro atoms. The van der Waals surface area contributed by atoms with E-state index in [0.29, 0.717) is 5.69 Å². The van der Waals surface area contributed by atoms with Crippen LogP contribution in [0.1, 0.15) is 22.7 Å². The summed E-state index contributed by atoms with van der Waals surface area (Å²) in [6.45, 7) is 7.14. The van der Waals surface area contributed by atoms with Gasteiger partial charge in [0.1, 0.15) is 12.2 Å². The molecule has 0 bridgehead atoms. The van der Waals surface area contributed by atoms with Gasteiger partial charge in [0.15, 0.2) is 5.69 Å². The Labute approximate surface area is 158 Å². The van der Waals surface area contributed by atoms with Crippen LogP contribution in [-0.2, 0) is 13.6 Å². The fourth-order valence-electron chi connectivity index (χ4n) is 3.70. The first kappa shape index (κ1) is 17.7. The van der Waals surface area contributed by atoms with Crippen LogP contribution in [-0.4, -0.2) is 73.0 Å². The Morgan fingerprint density at radius 2 is 1.96 bits per heavy atom. The number of hydrogen-bond acceptors (Lipinski definition) is 5. The van der Waals surface area contributed by atoms with E-state index in [4.69, 9.17) is 0 Å². The first-order chi connectivity index (χ1) is 13.1. The number of aryl methyl sites for hydroxylation is 2. The minimum atomic E-state index is 0.0308. The number of carbonyl (C=O) groups is 1. The number of carbonyl (C=O) groups excluding carboxylic acids is 1. The van der Waals surface area contributed by atoms with Gasteiger partial charge in [-0.1, -0.05) is 18.2 Å². The van der Waals surface area contributed by atoms with Gasteiger partial charge in [-0.15, -0.1) is 10.2 Å². The molecule has 2 aromatic heterocycles. The molecule has 0 radical (unpaired) electrons. The number of rotatable bonds is 4. The van der Waals surface area contributed by atoms with Gasteiger partial charge in [0.2, 0.25) is 0 Å². The molecular weight excluding hydrogens is 342 g/mol. The van der Waals surface area contributed by atoms with Crippen LogP contribution in [0.4, 0.5) is 0 Å². The zero-order valence-corrected chi connectivity index (χ0v) is 15.9. The Morgan fingerprint density at radius 3 is 2.78 bits per heavy atom. The number of para-hydroxylation sites is 1.